The first-order chi connectivity index (χ1) is 10.2. The first kappa shape index (κ1) is 16.2. The lowest BCUT2D eigenvalue weighted by Gasteiger charge is -2.38. The molecule has 0 aromatic heterocycles. The van der Waals surface area contributed by atoms with Crippen LogP contribution in [0.15, 0.2) is 24.3 Å². The van der Waals surface area contributed by atoms with Crippen molar-refractivity contribution >= 4 is 0 Å². The van der Waals surface area contributed by atoms with Gasteiger partial charge in [-0.15, -0.1) is 0 Å². The van der Waals surface area contributed by atoms with Gasteiger partial charge in [0.25, 0.3) is 0 Å². The van der Waals surface area contributed by atoms with Gasteiger partial charge in [-0.1, -0.05) is 13.0 Å². The zero-order valence-corrected chi connectivity index (χ0v) is 12.7. The summed E-state index contributed by atoms with van der Waals surface area (Å²) in [6.07, 6.45) is 0.985. The molecule has 0 spiro atoms. The van der Waals surface area contributed by atoms with Crippen LogP contribution in [0.2, 0.25) is 0 Å². The van der Waals surface area contributed by atoms with Gasteiger partial charge in [0.05, 0.1) is 6.61 Å². The Labute approximate surface area is 126 Å². The van der Waals surface area contributed by atoms with Gasteiger partial charge in [-0.25, -0.2) is 4.39 Å². The van der Waals surface area contributed by atoms with Crippen molar-refractivity contribution in [3.05, 3.63) is 30.1 Å². The number of aliphatic hydroxyl groups excluding tert-OH is 1. The first-order valence-corrected chi connectivity index (χ1v) is 7.68. The van der Waals surface area contributed by atoms with E-state index in [-0.39, 0.29) is 18.5 Å². The number of rotatable bonds is 7. The molecule has 0 aliphatic carbocycles. The molecule has 5 heteroatoms. The Hall–Kier alpha value is -1.17. The maximum Gasteiger partial charge on any atom is 0.126 e. The molecule has 1 saturated heterocycles. The Kier molecular flexibility index (Phi) is 6.42. The van der Waals surface area contributed by atoms with Crippen molar-refractivity contribution in [2.24, 2.45) is 0 Å². The van der Waals surface area contributed by atoms with Crippen LogP contribution in [0.4, 0.5) is 4.39 Å². The summed E-state index contributed by atoms with van der Waals surface area (Å²) >= 11 is 0. The SMILES string of the molecule is CCC(CO)N1CCN(CCOc2cccc(F)c2)CC1. The Morgan fingerprint density at radius 3 is 2.67 bits per heavy atom. The maximum absolute atomic E-state index is 13.0. The lowest BCUT2D eigenvalue weighted by molar-refractivity contribution is 0.0584. The van der Waals surface area contributed by atoms with Crippen LogP contribution in [-0.2, 0) is 0 Å². The number of ether oxygens (including phenoxy) is 1. The molecule has 1 unspecified atom stereocenters. The predicted molar refractivity (Wildman–Crippen MR) is 81.1 cm³/mol. The largest absolute Gasteiger partial charge is 0.492 e. The highest BCUT2D eigenvalue weighted by atomic mass is 19.1. The van der Waals surface area contributed by atoms with Crippen LogP contribution in [0.5, 0.6) is 5.75 Å². The van der Waals surface area contributed by atoms with E-state index < -0.39 is 0 Å². The predicted octanol–water partition coefficient (Wildman–Crippen LogP) is 1.59. The monoisotopic (exact) mass is 296 g/mol. The van der Waals surface area contributed by atoms with Gasteiger partial charge in [-0.2, -0.15) is 0 Å². The Morgan fingerprint density at radius 1 is 1.29 bits per heavy atom. The molecule has 1 aliphatic rings. The zero-order valence-electron chi connectivity index (χ0n) is 12.7. The van der Waals surface area contributed by atoms with E-state index in [2.05, 4.69) is 16.7 Å². The van der Waals surface area contributed by atoms with Crippen LogP contribution in [0.1, 0.15) is 13.3 Å². The summed E-state index contributed by atoms with van der Waals surface area (Å²) < 4.78 is 18.6. The number of halogens is 1. The second-order valence-electron chi connectivity index (χ2n) is 5.43. The van der Waals surface area contributed by atoms with Crippen LogP contribution in [0.25, 0.3) is 0 Å². The van der Waals surface area contributed by atoms with E-state index in [1.807, 2.05) is 0 Å². The number of hydrogen-bond acceptors (Lipinski definition) is 4. The van der Waals surface area contributed by atoms with Gasteiger partial charge in [-0.3, -0.25) is 9.80 Å². The van der Waals surface area contributed by atoms with Crippen molar-refractivity contribution in [2.45, 2.75) is 19.4 Å². The van der Waals surface area contributed by atoms with E-state index in [1.165, 1.54) is 12.1 Å². The third-order valence-electron chi connectivity index (χ3n) is 4.08. The molecule has 0 saturated carbocycles. The molecule has 4 nitrogen and oxygen atoms in total. The van der Waals surface area contributed by atoms with Crippen molar-refractivity contribution in [1.29, 1.82) is 0 Å². The molecule has 0 radical (unpaired) electrons. The Morgan fingerprint density at radius 2 is 2.05 bits per heavy atom. The van der Waals surface area contributed by atoms with Crippen LogP contribution in [0.3, 0.4) is 0 Å². The molecule has 1 aliphatic heterocycles. The number of nitrogens with zero attached hydrogens (tertiary/aromatic N) is 2. The van der Waals surface area contributed by atoms with Crippen LogP contribution in [-0.4, -0.2) is 66.9 Å². The van der Waals surface area contributed by atoms with Gasteiger partial charge < -0.3 is 9.84 Å². The van der Waals surface area contributed by atoms with Crippen molar-refractivity contribution in [2.75, 3.05) is 45.9 Å². The minimum Gasteiger partial charge on any atom is -0.492 e. The average Bonchev–Trinajstić information content (AvgIpc) is 2.50. The van der Waals surface area contributed by atoms with Gasteiger partial charge in [0.2, 0.25) is 0 Å². The van der Waals surface area contributed by atoms with Crippen molar-refractivity contribution < 1.29 is 14.2 Å². The second kappa shape index (κ2) is 8.32. The molecule has 1 atom stereocenters. The molecular weight excluding hydrogens is 271 g/mol. The summed E-state index contributed by atoms with van der Waals surface area (Å²) in [5, 5.41) is 9.33. The summed E-state index contributed by atoms with van der Waals surface area (Å²) in [5.74, 6) is 0.315. The highest BCUT2D eigenvalue weighted by Crippen LogP contribution is 2.12. The van der Waals surface area contributed by atoms with Crippen molar-refractivity contribution in [3.8, 4) is 5.75 Å². The smallest absolute Gasteiger partial charge is 0.126 e. The number of benzene rings is 1. The third kappa shape index (κ3) is 4.95. The highest BCUT2D eigenvalue weighted by Gasteiger charge is 2.21. The Balaban J connectivity index is 1.67. The van der Waals surface area contributed by atoms with E-state index >= 15 is 0 Å². The molecular formula is C16H25FN2O2. The summed E-state index contributed by atoms with van der Waals surface area (Å²) in [6, 6.07) is 6.54. The fourth-order valence-corrected chi connectivity index (χ4v) is 2.70. The molecule has 0 bridgehead atoms. The molecule has 1 aromatic rings. The van der Waals surface area contributed by atoms with Crippen molar-refractivity contribution in [3.63, 3.8) is 0 Å². The molecule has 21 heavy (non-hydrogen) atoms. The van der Waals surface area contributed by atoms with E-state index in [1.54, 1.807) is 12.1 Å². The lowest BCUT2D eigenvalue weighted by Crippen LogP contribution is -2.51. The zero-order chi connectivity index (χ0) is 15.1. The fourth-order valence-electron chi connectivity index (χ4n) is 2.70. The summed E-state index contributed by atoms with van der Waals surface area (Å²) in [7, 11) is 0. The van der Waals surface area contributed by atoms with E-state index in [0.29, 0.717) is 12.4 Å². The molecule has 1 aromatic carbocycles. The number of aliphatic hydroxyl groups is 1. The van der Waals surface area contributed by atoms with Gasteiger partial charge >= 0.3 is 0 Å². The quantitative estimate of drug-likeness (QED) is 0.829. The molecule has 118 valence electrons. The summed E-state index contributed by atoms with van der Waals surface area (Å²) in [6.45, 7) is 7.71. The number of hydrogen-bond donors (Lipinski definition) is 1. The minimum atomic E-state index is -0.268. The minimum absolute atomic E-state index is 0.235. The number of piperazine rings is 1. The molecule has 1 N–H and O–H groups in total. The van der Waals surface area contributed by atoms with E-state index in [0.717, 1.165) is 39.1 Å². The summed E-state index contributed by atoms with van der Waals surface area (Å²) in [4.78, 5) is 4.70. The Bertz CT molecular complexity index is 418. The van der Waals surface area contributed by atoms with Crippen LogP contribution in [0, 0.1) is 5.82 Å². The lowest BCUT2D eigenvalue weighted by atomic mass is 10.1. The standard InChI is InChI=1S/C16H25FN2O2/c1-2-15(13-20)19-8-6-18(7-9-19)10-11-21-16-5-3-4-14(17)12-16/h3-5,12,15,20H,2,6-11,13H2,1H3. The van der Waals surface area contributed by atoms with Gasteiger partial charge in [-0.05, 0) is 18.6 Å². The van der Waals surface area contributed by atoms with Crippen molar-refractivity contribution in [1.82, 2.24) is 9.80 Å². The van der Waals surface area contributed by atoms with Crippen LogP contribution >= 0.6 is 0 Å². The molecule has 2 rings (SSSR count). The third-order valence-corrected chi connectivity index (χ3v) is 4.08. The van der Waals surface area contributed by atoms with Crippen LogP contribution < -0.4 is 4.74 Å². The average molecular weight is 296 g/mol. The molecule has 0 amide bonds. The van der Waals surface area contributed by atoms with Gasteiger partial charge in [0.15, 0.2) is 0 Å². The topological polar surface area (TPSA) is 35.9 Å². The normalized spacial score (nSPS) is 18.6. The first-order valence-electron chi connectivity index (χ1n) is 7.68. The molecule has 1 fully saturated rings. The van der Waals surface area contributed by atoms with E-state index in [4.69, 9.17) is 4.74 Å². The summed E-state index contributed by atoms with van der Waals surface area (Å²) in [5.41, 5.74) is 0. The molecule has 1 heterocycles. The second-order valence-corrected chi connectivity index (χ2v) is 5.43. The maximum atomic E-state index is 13.0. The van der Waals surface area contributed by atoms with Gasteiger partial charge in [0, 0.05) is 44.8 Å². The highest BCUT2D eigenvalue weighted by molar-refractivity contribution is 5.22. The van der Waals surface area contributed by atoms with Gasteiger partial charge in [0.1, 0.15) is 18.2 Å². The fraction of sp³-hybridized carbons (Fsp3) is 0.625. The van der Waals surface area contributed by atoms with E-state index in [9.17, 15) is 9.50 Å².